The molecule has 28 heavy (non-hydrogen) atoms. The van der Waals surface area contributed by atoms with Gasteiger partial charge >= 0.3 is 6.18 Å². The summed E-state index contributed by atoms with van der Waals surface area (Å²) < 4.78 is 46.5. The van der Waals surface area contributed by atoms with Crippen molar-refractivity contribution in [2.24, 2.45) is 0 Å². The summed E-state index contributed by atoms with van der Waals surface area (Å²) in [7, 11) is 1.61. The van der Waals surface area contributed by atoms with Crippen LogP contribution in [0.2, 0.25) is 0 Å². The van der Waals surface area contributed by atoms with E-state index in [4.69, 9.17) is 4.74 Å². The van der Waals surface area contributed by atoms with E-state index in [-0.39, 0.29) is 17.8 Å². The van der Waals surface area contributed by atoms with Crippen LogP contribution in [-0.2, 0) is 17.5 Å². The summed E-state index contributed by atoms with van der Waals surface area (Å²) in [6, 6.07) is 5.31. The number of hydrogen-bond acceptors (Lipinski definition) is 6. The van der Waals surface area contributed by atoms with Crippen LogP contribution in [-0.4, -0.2) is 39.5 Å². The standard InChI is InChI=1S/C18H21F3N6O/c1-11(2)24-16-13(18(19,20)21)10-22-17(26-16)25-14-5-4-6-15-12(14)9-23-27(15)7-8-28-3/h4-6,9-11H,7-8H2,1-3H3,(H2,22,24,25,26). The van der Waals surface area contributed by atoms with E-state index in [9.17, 15) is 13.2 Å². The minimum absolute atomic E-state index is 0.0632. The van der Waals surface area contributed by atoms with Crippen LogP contribution in [0.5, 0.6) is 0 Å². The molecule has 0 amide bonds. The predicted octanol–water partition coefficient (Wildman–Crippen LogP) is 4.06. The number of methoxy groups -OCH3 is 1. The molecule has 0 saturated carbocycles. The van der Waals surface area contributed by atoms with Crippen molar-refractivity contribution in [3.8, 4) is 0 Å². The van der Waals surface area contributed by atoms with Crippen LogP contribution in [0.25, 0.3) is 10.9 Å². The monoisotopic (exact) mass is 394 g/mol. The molecule has 3 aromatic rings. The lowest BCUT2D eigenvalue weighted by molar-refractivity contribution is -0.137. The second kappa shape index (κ2) is 8.01. The summed E-state index contributed by atoms with van der Waals surface area (Å²) in [5.74, 6) is -0.198. The van der Waals surface area contributed by atoms with Gasteiger partial charge in [-0.15, -0.1) is 0 Å². The number of anilines is 3. The zero-order chi connectivity index (χ0) is 20.3. The van der Waals surface area contributed by atoms with E-state index in [1.54, 1.807) is 37.9 Å². The highest BCUT2D eigenvalue weighted by molar-refractivity contribution is 5.92. The number of nitrogens with one attached hydrogen (secondary N) is 2. The van der Waals surface area contributed by atoms with E-state index >= 15 is 0 Å². The first-order valence-electron chi connectivity index (χ1n) is 8.71. The Morgan fingerprint density at radius 3 is 2.68 bits per heavy atom. The Balaban J connectivity index is 1.94. The molecule has 150 valence electrons. The number of ether oxygens (including phenoxy) is 1. The van der Waals surface area contributed by atoms with Crippen molar-refractivity contribution in [1.82, 2.24) is 19.7 Å². The largest absolute Gasteiger partial charge is 0.421 e. The van der Waals surface area contributed by atoms with E-state index in [0.29, 0.717) is 18.8 Å². The molecule has 7 nitrogen and oxygen atoms in total. The molecule has 10 heteroatoms. The van der Waals surface area contributed by atoms with Crippen LogP contribution < -0.4 is 10.6 Å². The molecule has 0 bridgehead atoms. The van der Waals surface area contributed by atoms with Gasteiger partial charge in [0.15, 0.2) is 0 Å². The summed E-state index contributed by atoms with van der Waals surface area (Å²) >= 11 is 0. The average molecular weight is 394 g/mol. The molecule has 3 rings (SSSR count). The summed E-state index contributed by atoms with van der Waals surface area (Å²) in [5.41, 5.74) is 0.614. The van der Waals surface area contributed by atoms with Crippen molar-refractivity contribution >= 4 is 28.4 Å². The maximum absolute atomic E-state index is 13.2. The molecule has 0 fully saturated rings. The van der Waals surface area contributed by atoms with Gasteiger partial charge in [-0.2, -0.15) is 23.3 Å². The number of benzene rings is 1. The van der Waals surface area contributed by atoms with Crippen LogP contribution in [0.15, 0.2) is 30.6 Å². The fraction of sp³-hybridized carbons (Fsp3) is 0.389. The predicted molar refractivity (Wildman–Crippen MR) is 101 cm³/mol. The van der Waals surface area contributed by atoms with Gasteiger partial charge in [0.05, 0.1) is 30.6 Å². The fourth-order valence-electron chi connectivity index (χ4n) is 2.72. The maximum Gasteiger partial charge on any atom is 0.421 e. The molecule has 0 aliphatic carbocycles. The summed E-state index contributed by atoms with van der Waals surface area (Å²) in [6.07, 6.45) is -2.08. The summed E-state index contributed by atoms with van der Waals surface area (Å²) in [5, 5.41) is 10.9. The normalized spacial score (nSPS) is 12.0. The molecule has 0 atom stereocenters. The molecular weight excluding hydrogens is 373 g/mol. The molecule has 0 unspecified atom stereocenters. The van der Waals surface area contributed by atoms with Crippen LogP contribution >= 0.6 is 0 Å². The topological polar surface area (TPSA) is 76.9 Å². The fourth-order valence-corrected chi connectivity index (χ4v) is 2.72. The first kappa shape index (κ1) is 19.9. The molecule has 2 aromatic heterocycles. The van der Waals surface area contributed by atoms with Crippen molar-refractivity contribution in [3.05, 3.63) is 36.2 Å². The Bertz CT molecular complexity index is 954. The van der Waals surface area contributed by atoms with Gasteiger partial charge < -0.3 is 15.4 Å². The van der Waals surface area contributed by atoms with Crippen molar-refractivity contribution in [1.29, 1.82) is 0 Å². The van der Waals surface area contributed by atoms with Gasteiger partial charge in [-0.3, -0.25) is 4.68 Å². The molecule has 0 aliphatic rings. The smallest absolute Gasteiger partial charge is 0.383 e. The van der Waals surface area contributed by atoms with Gasteiger partial charge in [-0.1, -0.05) is 6.07 Å². The highest BCUT2D eigenvalue weighted by Gasteiger charge is 2.35. The molecule has 0 spiro atoms. The van der Waals surface area contributed by atoms with Crippen LogP contribution in [0.1, 0.15) is 19.4 Å². The molecule has 2 heterocycles. The van der Waals surface area contributed by atoms with E-state index in [1.807, 2.05) is 12.1 Å². The second-order valence-electron chi connectivity index (χ2n) is 6.48. The number of alkyl halides is 3. The van der Waals surface area contributed by atoms with Gasteiger partial charge in [-0.05, 0) is 26.0 Å². The SMILES string of the molecule is COCCn1ncc2c(Nc3ncc(C(F)(F)F)c(NC(C)C)n3)cccc21. The lowest BCUT2D eigenvalue weighted by Crippen LogP contribution is -2.18. The molecule has 0 saturated heterocycles. The molecule has 2 N–H and O–H groups in total. The zero-order valence-corrected chi connectivity index (χ0v) is 15.7. The zero-order valence-electron chi connectivity index (χ0n) is 15.7. The summed E-state index contributed by atoms with van der Waals surface area (Å²) in [4.78, 5) is 7.88. The Labute approximate surface area is 159 Å². The van der Waals surface area contributed by atoms with E-state index in [2.05, 4.69) is 25.7 Å². The van der Waals surface area contributed by atoms with Crippen LogP contribution in [0.4, 0.5) is 30.6 Å². The molecule has 0 radical (unpaired) electrons. The second-order valence-corrected chi connectivity index (χ2v) is 6.48. The first-order chi connectivity index (χ1) is 13.3. The minimum atomic E-state index is -4.54. The molecular formula is C18H21F3N6O. The number of hydrogen-bond donors (Lipinski definition) is 2. The van der Waals surface area contributed by atoms with Crippen molar-refractivity contribution < 1.29 is 17.9 Å². The highest BCUT2D eigenvalue weighted by atomic mass is 19.4. The lowest BCUT2D eigenvalue weighted by Gasteiger charge is -2.16. The quantitative estimate of drug-likeness (QED) is 0.630. The van der Waals surface area contributed by atoms with Gasteiger partial charge in [0.2, 0.25) is 5.95 Å². The number of halogens is 3. The van der Waals surface area contributed by atoms with Crippen molar-refractivity contribution in [2.75, 3.05) is 24.4 Å². The van der Waals surface area contributed by atoms with Crippen molar-refractivity contribution in [2.45, 2.75) is 32.6 Å². The number of aromatic nitrogens is 4. The van der Waals surface area contributed by atoms with Crippen LogP contribution in [0, 0.1) is 0 Å². The Morgan fingerprint density at radius 1 is 1.21 bits per heavy atom. The molecule has 1 aromatic carbocycles. The van der Waals surface area contributed by atoms with E-state index in [0.717, 1.165) is 17.1 Å². The lowest BCUT2D eigenvalue weighted by atomic mass is 10.2. The third-order valence-electron chi connectivity index (χ3n) is 3.96. The highest BCUT2D eigenvalue weighted by Crippen LogP contribution is 2.34. The van der Waals surface area contributed by atoms with E-state index < -0.39 is 11.7 Å². The first-order valence-corrected chi connectivity index (χ1v) is 8.71. The third-order valence-corrected chi connectivity index (χ3v) is 3.96. The van der Waals surface area contributed by atoms with E-state index in [1.165, 1.54) is 0 Å². The molecule has 0 aliphatic heterocycles. The van der Waals surface area contributed by atoms with Crippen molar-refractivity contribution in [3.63, 3.8) is 0 Å². The Kier molecular flexibility index (Phi) is 5.68. The average Bonchev–Trinajstić information content (AvgIpc) is 3.03. The van der Waals surface area contributed by atoms with Gasteiger partial charge in [0, 0.05) is 24.7 Å². The number of nitrogens with zero attached hydrogens (tertiary/aromatic N) is 4. The Hall–Kier alpha value is -2.88. The maximum atomic E-state index is 13.2. The van der Waals surface area contributed by atoms with Gasteiger partial charge in [-0.25, -0.2) is 4.98 Å². The van der Waals surface area contributed by atoms with Gasteiger partial charge in [0.1, 0.15) is 11.4 Å². The Morgan fingerprint density at radius 2 is 2.00 bits per heavy atom. The summed E-state index contributed by atoms with van der Waals surface area (Å²) in [6.45, 7) is 4.58. The number of rotatable bonds is 7. The van der Waals surface area contributed by atoms with Crippen LogP contribution in [0.3, 0.4) is 0 Å². The van der Waals surface area contributed by atoms with Gasteiger partial charge in [0.25, 0.3) is 0 Å². The minimum Gasteiger partial charge on any atom is -0.383 e. The number of fused-ring (bicyclic) bond motifs is 1. The third kappa shape index (κ3) is 4.33.